The summed E-state index contributed by atoms with van der Waals surface area (Å²) in [6, 6.07) is 3.39. The Labute approximate surface area is 95.1 Å². The van der Waals surface area contributed by atoms with Gasteiger partial charge in [0.2, 0.25) is 0 Å². The molecule has 2 rings (SSSR count). The average molecular weight is 266 g/mol. The number of nitrogens with zero attached hydrogens (tertiary/aromatic N) is 3. The number of rotatable bonds is 2. The Morgan fingerprint density at radius 2 is 2.33 bits per heavy atom. The largest absolute Gasteiger partial charge is 0.295 e. The fraction of sp³-hybridized carbons (Fsp3) is 0.100. The zero-order chi connectivity index (χ0) is 10.8. The van der Waals surface area contributed by atoms with Gasteiger partial charge in [-0.05, 0) is 35.0 Å². The molecule has 4 nitrogen and oxygen atoms in total. The van der Waals surface area contributed by atoms with Gasteiger partial charge in [0.15, 0.2) is 11.6 Å². The third-order valence-electron chi connectivity index (χ3n) is 1.94. The predicted octanol–water partition coefficient (Wildman–Crippen LogP) is 2.23. The summed E-state index contributed by atoms with van der Waals surface area (Å²) in [4.78, 5) is 15.3. The topological polar surface area (TPSA) is 47.8 Å². The molecule has 15 heavy (non-hydrogen) atoms. The van der Waals surface area contributed by atoms with Crippen LogP contribution < -0.4 is 0 Å². The molecular weight excluding hydrogens is 258 g/mol. The minimum atomic E-state index is 0.0184. The number of halogens is 1. The summed E-state index contributed by atoms with van der Waals surface area (Å²) in [5.74, 6) is 0.651. The molecule has 0 N–H and O–H groups in total. The van der Waals surface area contributed by atoms with Crippen LogP contribution >= 0.6 is 15.9 Å². The second-order valence-corrected chi connectivity index (χ2v) is 3.98. The average Bonchev–Trinajstić information content (AvgIpc) is 2.65. The third-order valence-corrected chi connectivity index (χ3v) is 2.35. The number of pyridine rings is 1. The van der Waals surface area contributed by atoms with Crippen LogP contribution in [0.25, 0.3) is 5.82 Å². The lowest BCUT2D eigenvalue weighted by atomic mass is 10.2. The summed E-state index contributed by atoms with van der Waals surface area (Å²) in [6.45, 7) is 1.53. The molecule has 0 atom stereocenters. The Morgan fingerprint density at radius 3 is 2.93 bits per heavy atom. The van der Waals surface area contributed by atoms with E-state index in [0.717, 1.165) is 4.47 Å². The van der Waals surface area contributed by atoms with Crippen LogP contribution in [-0.2, 0) is 0 Å². The van der Waals surface area contributed by atoms with Crippen LogP contribution in [0, 0.1) is 0 Å². The maximum Gasteiger partial charge on any atom is 0.159 e. The molecule has 0 bridgehead atoms. The van der Waals surface area contributed by atoms with Crippen molar-refractivity contribution in [2.24, 2.45) is 0 Å². The van der Waals surface area contributed by atoms with Gasteiger partial charge in [0, 0.05) is 18.0 Å². The van der Waals surface area contributed by atoms with E-state index in [1.165, 1.54) is 6.92 Å². The molecular formula is C10H8BrN3O. The van der Waals surface area contributed by atoms with Gasteiger partial charge in [0.05, 0.1) is 10.7 Å². The lowest BCUT2D eigenvalue weighted by molar-refractivity contribution is 0.101. The van der Waals surface area contributed by atoms with Gasteiger partial charge >= 0.3 is 0 Å². The van der Waals surface area contributed by atoms with Gasteiger partial charge in [-0.2, -0.15) is 5.10 Å². The summed E-state index contributed by atoms with van der Waals surface area (Å²) in [6.07, 6.45) is 5.05. The third kappa shape index (κ3) is 2.12. The Balaban J connectivity index is 2.45. The smallest absolute Gasteiger partial charge is 0.159 e. The van der Waals surface area contributed by atoms with Crippen molar-refractivity contribution in [3.63, 3.8) is 0 Å². The number of hydrogen-bond acceptors (Lipinski definition) is 3. The fourth-order valence-corrected chi connectivity index (χ4v) is 1.47. The maximum absolute atomic E-state index is 11.2. The number of hydrogen-bond donors (Lipinski definition) is 0. The number of ketones is 1. The van der Waals surface area contributed by atoms with Gasteiger partial charge in [0.1, 0.15) is 0 Å². The van der Waals surface area contributed by atoms with Crippen molar-refractivity contribution in [2.45, 2.75) is 6.92 Å². The van der Waals surface area contributed by atoms with E-state index in [4.69, 9.17) is 0 Å². The van der Waals surface area contributed by atoms with Crippen molar-refractivity contribution in [1.82, 2.24) is 14.8 Å². The molecule has 0 saturated carbocycles. The van der Waals surface area contributed by atoms with Gasteiger partial charge in [-0.25, -0.2) is 9.67 Å². The maximum atomic E-state index is 11.2. The van der Waals surface area contributed by atoms with Crippen LogP contribution in [0.4, 0.5) is 0 Å². The van der Waals surface area contributed by atoms with Crippen LogP contribution in [-0.4, -0.2) is 20.5 Å². The second-order valence-electron chi connectivity index (χ2n) is 3.06. The molecule has 0 saturated heterocycles. The summed E-state index contributed by atoms with van der Waals surface area (Å²) < 4.78 is 2.48. The highest BCUT2D eigenvalue weighted by molar-refractivity contribution is 9.10. The van der Waals surface area contributed by atoms with Crippen molar-refractivity contribution >= 4 is 21.7 Å². The molecule has 0 aliphatic heterocycles. The fourth-order valence-electron chi connectivity index (χ4n) is 1.19. The summed E-state index contributed by atoms with van der Waals surface area (Å²) >= 11 is 3.30. The quantitative estimate of drug-likeness (QED) is 0.783. The molecule has 2 aromatic rings. The summed E-state index contributed by atoms with van der Waals surface area (Å²) in [5.41, 5.74) is 0.631. The minimum absolute atomic E-state index is 0.0184. The van der Waals surface area contributed by atoms with Gasteiger partial charge < -0.3 is 0 Å². The van der Waals surface area contributed by atoms with Crippen LogP contribution in [0.1, 0.15) is 17.3 Å². The first-order chi connectivity index (χ1) is 7.16. The lowest BCUT2D eigenvalue weighted by Crippen LogP contribution is -2.00. The number of carbonyl (C=O) groups is 1. The Hall–Kier alpha value is -1.49. The Bertz CT molecular complexity index is 507. The molecule has 0 spiro atoms. The molecule has 2 aromatic heterocycles. The first-order valence-corrected chi connectivity index (χ1v) is 5.13. The van der Waals surface area contributed by atoms with E-state index in [1.807, 2.05) is 0 Å². The van der Waals surface area contributed by atoms with Crippen LogP contribution in [0.15, 0.2) is 35.2 Å². The van der Waals surface area contributed by atoms with Crippen molar-refractivity contribution in [1.29, 1.82) is 0 Å². The van der Waals surface area contributed by atoms with Crippen LogP contribution in [0.3, 0.4) is 0 Å². The SMILES string of the molecule is CC(=O)c1ccnc(-n2cc(Br)cn2)c1. The van der Waals surface area contributed by atoms with Crippen molar-refractivity contribution in [2.75, 3.05) is 0 Å². The molecule has 0 fully saturated rings. The zero-order valence-corrected chi connectivity index (χ0v) is 9.60. The number of Topliss-reactive ketones (excluding diaryl/α,β-unsaturated/α-hetero) is 1. The van der Waals surface area contributed by atoms with E-state index in [1.54, 1.807) is 35.4 Å². The highest BCUT2D eigenvalue weighted by Crippen LogP contribution is 2.11. The highest BCUT2D eigenvalue weighted by atomic mass is 79.9. The highest BCUT2D eigenvalue weighted by Gasteiger charge is 2.04. The molecule has 0 aliphatic rings. The Morgan fingerprint density at radius 1 is 1.53 bits per heavy atom. The van der Waals surface area contributed by atoms with Gasteiger partial charge in [-0.1, -0.05) is 0 Å². The lowest BCUT2D eigenvalue weighted by Gasteiger charge is -2.01. The van der Waals surface area contributed by atoms with E-state index < -0.39 is 0 Å². The van der Waals surface area contributed by atoms with Crippen molar-refractivity contribution < 1.29 is 4.79 Å². The van der Waals surface area contributed by atoms with Crippen LogP contribution in [0.5, 0.6) is 0 Å². The van der Waals surface area contributed by atoms with E-state index in [-0.39, 0.29) is 5.78 Å². The summed E-state index contributed by atoms with van der Waals surface area (Å²) in [5, 5.41) is 4.08. The molecule has 0 aliphatic carbocycles. The number of aromatic nitrogens is 3. The predicted molar refractivity (Wildman–Crippen MR) is 59.1 cm³/mol. The molecule has 76 valence electrons. The van der Waals surface area contributed by atoms with E-state index in [2.05, 4.69) is 26.0 Å². The minimum Gasteiger partial charge on any atom is -0.295 e. The van der Waals surface area contributed by atoms with E-state index >= 15 is 0 Å². The molecule has 0 aromatic carbocycles. The summed E-state index contributed by atoms with van der Waals surface area (Å²) in [7, 11) is 0. The monoisotopic (exact) mass is 265 g/mol. The van der Waals surface area contributed by atoms with Crippen molar-refractivity contribution in [3.05, 3.63) is 40.8 Å². The van der Waals surface area contributed by atoms with Crippen LogP contribution in [0.2, 0.25) is 0 Å². The van der Waals surface area contributed by atoms with Gasteiger partial charge in [-0.3, -0.25) is 4.79 Å². The molecule has 0 radical (unpaired) electrons. The van der Waals surface area contributed by atoms with E-state index in [9.17, 15) is 4.79 Å². The molecule has 5 heteroatoms. The first-order valence-electron chi connectivity index (χ1n) is 4.34. The first kappa shape index (κ1) is 10.0. The standard InChI is InChI=1S/C10H8BrN3O/c1-7(15)8-2-3-12-10(4-8)14-6-9(11)5-13-14/h2-6H,1H3. The number of carbonyl (C=O) groups excluding carboxylic acids is 1. The zero-order valence-electron chi connectivity index (χ0n) is 8.01. The molecule has 0 amide bonds. The van der Waals surface area contributed by atoms with Gasteiger partial charge in [-0.15, -0.1) is 0 Å². The van der Waals surface area contributed by atoms with E-state index in [0.29, 0.717) is 11.4 Å². The molecule has 0 unspecified atom stereocenters. The second kappa shape index (κ2) is 3.94. The van der Waals surface area contributed by atoms with Crippen molar-refractivity contribution in [3.8, 4) is 5.82 Å². The normalized spacial score (nSPS) is 10.3. The Kier molecular flexibility index (Phi) is 2.64. The van der Waals surface area contributed by atoms with Gasteiger partial charge in [0.25, 0.3) is 0 Å². The molecule has 2 heterocycles.